The number of amides is 1. The van der Waals surface area contributed by atoms with Gasteiger partial charge >= 0.3 is 0 Å². The quantitative estimate of drug-likeness (QED) is 0.925. The maximum Gasteiger partial charge on any atom is 0.253 e. The molecule has 3 heterocycles. The zero-order valence-electron chi connectivity index (χ0n) is 15.1. The molecule has 25 heavy (non-hydrogen) atoms. The first-order chi connectivity index (χ1) is 12.0. The van der Waals surface area contributed by atoms with Crippen LogP contribution in [-0.4, -0.2) is 44.3 Å². The Morgan fingerprint density at radius 1 is 1.28 bits per heavy atom. The van der Waals surface area contributed by atoms with Crippen LogP contribution in [0.1, 0.15) is 41.6 Å². The summed E-state index contributed by atoms with van der Waals surface area (Å²) in [5.41, 5.74) is 2.36. The van der Waals surface area contributed by atoms with Crippen LogP contribution >= 0.6 is 0 Å². The Bertz CT molecular complexity index is 753. The van der Waals surface area contributed by atoms with E-state index in [0.29, 0.717) is 11.5 Å². The molecule has 1 N–H and O–H groups in total. The van der Waals surface area contributed by atoms with Gasteiger partial charge in [-0.3, -0.25) is 14.4 Å². The molecule has 2 aromatic heterocycles. The van der Waals surface area contributed by atoms with Gasteiger partial charge in [0.15, 0.2) is 0 Å². The van der Waals surface area contributed by atoms with Gasteiger partial charge in [-0.15, -0.1) is 0 Å². The molecular formula is C19H27N5O. The minimum absolute atomic E-state index is 0.0717. The summed E-state index contributed by atoms with van der Waals surface area (Å²) in [7, 11) is 3.91. The molecular weight excluding hydrogens is 314 g/mol. The van der Waals surface area contributed by atoms with Crippen molar-refractivity contribution in [2.75, 3.05) is 13.1 Å². The van der Waals surface area contributed by atoms with Crippen LogP contribution < -0.4 is 5.32 Å². The molecule has 134 valence electrons. The molecule has 1 spiro atoms. The predicted molar refractivity (Wildman–Crippen MR) is 96.1 cm³/mol. The maximum absolute atomic E-state index is 12.5. The summed E-state index contributed by atoms with van der Waals surface area (Å²) in [6.07, 6.45) is 12.6. The molecule has 1 atom stereocenters. The van der Waals surface area contributed by atoms with Gasteiger partial charge in [0.25, 0.3) is 5.91 Å². The van der Waals surface area contributed by atoms with Gasteiger partial charge in [0.1, 0.15) is 0 Å². The van der Waals surface area contributed by atoms with Crippen LogP contribution in [0.2, 0.25) is 0 Å². The normalized spacial score (nSPS) is 22.7. The van der Waals surface area contributed by atoms with E-state index >= 15 is 0 Å². The van der Waals surface area contributed by atoms with Gasteiger partial charge in [0, 0.05) is 50.8 Å². The number of hydrogen-bond donors (Lipinski definition) is 1. The highest BCUT2D eigenvalue weighted by Crippen LogP contribution is 2.49. The monoisotopic (exact) mass is 341 g/mol. The molecule has 0 unspecified atom stereocenters. The van der Waals surface area contributed by atoms with Crippen molar-refractivity contribution < 1.29 is 4.79 Å². The van der Waals surface area contributed by atoms with Crippen molar-refractivity contribution in [1.82, 2.24) is 24.6 Å². The minimum Gasteiger partial charge on any atom is -0.356 e. The largest absolute Gasteiger partial charge is 0.356 e. The topological polar surface area (TPSA) is 55.1 Å². The highest BCUT2D eigenvalue weighted by molar-refractivity contribution is 5.94. The number of aryl methyl sites for hydroxylation is 2. The fraction of sp³-hybridized carbons (Fsp3) is 0.579. The van der Waals surface area contributed by atoms with Crippen LogP contribution in [0.25, 0.3) is 0 Å². The molecule has 1 aliphatic heterocycles. The van der Waals surface area contributed by atoms with Gasteiger partial charge < -0.3 is 9.88 Å². The molecule has 1 aliphatic carbocycles. The van der Waals surface area contributed by atoms with E-state index in [-0.39, 0.29) is 5.91 Å². The van der Waals surface area contributed by atoms with Gasteiger partial charge in [0.2, 0.25) is 0 Å². The van der Waals surface area contributed by atoms with Crippen molar-refractivity contribution in [3.8, 4) is 0 Å². The molecule has 1 amide bonds. The van der Waals surface area contributed by atoms with Crippen molar-refractivity contribution in [1.29, 1.82) is 0 Å². The molecule has 1 saturated heterocycles. The number of carbonyl (C=O) groups excluding carboxylic acids is 1. The molecule has 6 heteroatoms. The molecule has 0 bridgehead atoms. The third-order valence-electron chi connectivity index (χ3n) is 6.09. The number of nitrogens with one attached hydrogen (secondary N) is 1. The third kappa shape index (κ3) is 3.23. The summed E-state index contributed by atoms with van der Waals surface area (Å²) in [5, 5.41) is 7.54. The third-order valence-corrected chi connectivity index (χ3v) is 6.09. The summed E-state index contributed by atoms with van der Waals surface area (Å²) in [5.74, 6) is 0.0717. The zero-order valence-corrected chi connectivity index (χ0v) is 15.1. The Hall–Kier alpha value is -2.08. The van der Waals surface area contributed by atoms with Gasteiger partial charge in [-0.1, -0.05) is 0 Å². The second kappa shape index (κ2) is 6.33. The molecule has 2 aromatic rings. The summed E-state index contributed by atoms with van der Waals surface area (Å²) in [6.45, 7) is 3.18. The highest BCUT2D eigenvalue weighted by atomic mass is 16.1. The van der Waals surface area contributed by atoms with Crippen LogP contribution in [0.5, 0.6) is 0 Å². The lowest BCUT2D eigenvalue weighted by Crippen LogP contribution is -2.59. The smallest absolute Gasteiger partial charge is 0.253 e. The fourth-order valence-corrected chi connectivity index (χ4v) is 4.37. The van der Waals surface area contributed by atoms with Crippen molar-refractivity contribution >= 4 is 5.91 Å². The number of rotatable bonds is 4. The molecule has 2 fully saturated rings. The number of piperidine rings is 1. The van der Waals surface area contributed by atoms with E-state index in [1.807, 2.05) is 48.0 Å². The number of nitrogens with zero attached hydrogens (tertiary/aromatic N) is 4. The summed E-state index contributed by atoms with van der Waals surface area (Å²) in [6, 6.07) is 2.22. The van der Waals surface area contributed by atoms with Crippen LogP contribution in [0.3, 0.4) is 0 Å². The molecule has 1 saturated carbocycles. The summed E-state index contributed by atoms with van der Waals surface area (Å²) < 4.78 is 3.78. The van der Waals surface area contributed by atoms with E-state index in [2.05, 4.69) is 21.5 Å². The number of likely N-dealkylation sites (tertiary alicyclic amines) is 1. The Morgan fingerprint density at radius 2 is 2.08 bits per heavy atom. The molecule has 0 radical (unpaired) electrons. The van der Waals surface area contributed by atoms with Crippen molar-refractivity contribution in [2.24, 2.45) is 19.5 Å². The maximum atomic E-state index is 12.5. The molecule has 6 nitrogen and oxygen atoms in total. The Morgan fingerprint density at radius 3 is 2.64 bits per heavy atom. The molecule has 4 rings (SSSR count). The first kappa shape index (κ1) is 16.4. The van der Waals surface area contributed by atoms with Gasteiger partial charge in [-0.25, -0.2) is 0 Å². The SMILES string of the molecule is Cn1ccc(C(=O)N[C@H]2CCC23CCN(Cc2cnn(C)c2)CC3)c1. The van der Waals surface area contributed by atoms with E-state index < -0.39 is 0 Å². The zero-order chi connectivity index (χ0) is 17.4. The van der Waals surface area contributed by atoms with Crippen molar-refractivity contribution in [3.05, 3.63) is 42.0 Å². The van der Waals surface area contributed by atoms with Crippen LogP contribution in [0.4, 0.5) is 0 Å². The van der Waals surface area contributed by atoms with Crippen molar-refractivity contribution in [3.63, 3.8) is 0 Å². The lowest BCUT2D eigenvalue weighted by atomic mass is 9.59. The summed E-state index contributed by atoms with van der Waals surface area (Å²) in [4.78, 5) is 15.0. The molecule has 0 aromatic carbocycles. The van der Waals surface area contributed by atoms with Crippen LogP contribution in [-0.2, 0) is 20.6 Å². The Kier molecular flexibility index (Phi) is 4.15. The number of carbonyl (C=O) groups is 1. The Balaban J connectivity index is 1.32. The molecule has 2 aliphatic rings. The van der Waals surface area contributed by atoms with E-state index in [4.69, 9.17) is 0 Å². The fourth-order valence-electron chi connectivity index (χ4n) is 4.37. The lowest BCUT2D eigenvalue weighted by molar-refractivity contribution is -0.00710. The van der Waals surface area contributed by atoms with Gasteiger partial charge in [-0.2, -0.15) is 5.10 Å². The lowest BCUT2D eigenvalue weighted by Gasteiger charge is -2.54. The minimum atomic E-state index is 0.0717. The first-order valence-electron chi connectivity index (χ1n) is 9.17. The van der Waals surface area contributed by atoms with E-state index in [9.17, 15) is 4.79 Å². The Labute approximate surface area is 148 Å². The van der Waals surface area contributed by atoms with Crippen LogP contribution in [0.15, 0.2) is 30.9 Å². The van der Waals surface area contributed by atoms with E-state index in [1.165, 1.54) is 24.8 Å². The highest BCUT2D eigenvalue weighted by Gasteiger charge is 2.48. The number of aromatic nitrogens is 3. The average Bonchev–Trinajstić information content (AvgIpc) is 3.20. The predicted octanol–water partition coefficient (Wildman–Crippen LogP) is 1.93. The average molecular weight is 341 g/mol. The number of hydrogen-bond acceptors (Lipinski definition) is 3. The van der Waals surface area contributed by atoms with Gasteiger partial charge in [0.05, 0.1) is 11.8 Å². The van der Waals surface area contributed by atoms with Crippen LogP contribution in [0, 0.1) is 5.41 Å². The second-order valence-electron chi connectivity index (χ2n) is 7.79. The van der Waals surface area contributed by atoms with E-state index in [1.54, 1.807) is 0 Å². The van der Waals surface area contributed by atoms with Crippen molar-refractivity contribution in [2.45, 2.75) is 38.3 Å². The second-order valence-corrected chi connectivity index (χ2v) is 7.79. The first-order valence-corrected chi connectivity index (χ1v) is 9.17. The van der Waals surface area contributed by atoms with E-state index in [0.717, 1.165) is 31.6 Å². The summed E-state index contributed by atoms with van der Waals surface area (Å²) >= 11 is 0. The van der Waals surface area contributed by atoms with Gasteiger partial charge in [-0.05, 0) is 50.3 Å². The standard InChI is InChI=1S/C19H27N5O/c1-22-8-4-16(14-22)18(25)21-17-3-5-19(17)6-9-24(10-7-19)13-15-11-20-23(2)12-15/h4,8,11-12,14,17H,3,5-7,9-10,13H2,1-2H3,(H,21,25)/t17-/m0/s1.